The largest absolute Gasteiger partial charge is 0.548 e. The topological polar surface area (TPSA) is 69.7 Å². The second kappa shape index (κ2) is 7.43. The van der Waals surface area contributed by atoms with Crippen LogP contribution in [0.5, 0.6) is 5.75 Å². The number of rotatable bonds is 6. The van der Waals surface area contributed by atoms with Crippen molar-refractivity contribution in [2.24, 2.45) is 0 Å². The number of carbonyl (C=O) groups excluding carboxylic acids is 2. The Labute approximate surface area is 143 Å². The molecule has 1 saturated heterocycles. The van der Waals surface area contributed by atoms with Gasteiger partial charge in [0.15, 0.2) is 0 Å². The summed E-state index contributed by atoms with van der Waals surface area (Å²) in [7, 11) is 0. The Morgan fingerprint density at radius 3 is 2.70 bits per heavy atom. The van der Waals surface area contributed by atoms with Crippen LogP contribution in [0.25, 0.3) is 6.08 Å². The minimum absolute atomic E-state index is 0.212. The van der Waals surface area contributed by atoms with Crippen molar-refractivity contribution >= 4 is 46.3 Å². The summed E-state index contributed by atoms with van der Waals surface area (Å²) in [4.78, 5) is 24.7. The molecule has 0 unspecified atom stereocenters. The van der Waals surface area contributed by atoms with Gasteiger partial charge in [0.2, 0.25) is 0 Å². The summed E-state index contributed by atoms with van der Waals surface area (Å²) in [5.41, 5.74) is 0.789. The summed E-state index contributed by atoms with van der Waals surface area (Å²) in [6.07, 6.45) is 3.32. The van der Waals surface area contributed by atoms with Crippen LogP contribution >= 0.6 is 24.0 Å². The van der Waals surface area contributed by atoms with E-state index in [4.69, 9.17) is 17.0 Å². The molecule has 0 aliphatic carbocycles. The van der Waals surface area contributed by atoms with Gasteiger partial charge in [0.05, 0.1) is 16.9 Å². The molecule has 1 heterocycles. The van der Waals surface area contributed by atoms with E-state index in [1.165, 1.54) is 6.92 Å². The van der Waals surface area contributed by atoms with Gasteiger partial charge in [-0.1, -0.05) is 48.8 Å². The minimum Gasteiger partial charge on any atom is -0.548 e. The zero-order valence-electron chi connectivity index (χ0n) is 12.4. The van der Waals surface area contributed by atoms with Gasteiger partial charge < -0.3 is 14.6 Å². The van der Waals surface area contributed by atoms with E-state index in [-0.39, 0.29) is 4.32 Å². The van der Waals surface area contributed by atoms with Crippen molar-refractivity contribution in [3.8, 4) is 5.75 Å². The van der Waals surface area contributed by atoms with Crippen LogP contribution in [0.1, 0.15) is 12.5 Å². The highest BCUT2D eigenvalue weighted by Crippen LogP contribution is 2.34. The predicted octanol–water partition coefficient (Wildman–Crippen LogP) is 1.59. The van der Waals surface area contributed by atoms with E-state index in [1.54, 1.807) is 36.4 Å². The number of thioether (sulfide) groups is 1. The lowest BCUT2D eigenvalue weighted by Gasteiger charge is -2.23. The van der Waals surface area contributed by atoms with Crippen LogP contribution < -0.4 is 9.84 Å². The third-order valence-corrected chi connectivity index (χ3v) is 4.43. The maximum Gasteiger partial charge on any atom is 0.266 e. The molecule has 5 nitrogen and oxygen atoms in total. The van der Waals surface area contributed by atoms with Crippen molar-refractivity contribution in [2.75, 3.05) is 6.61 Å². The molecule has 0 radical (unpaired) electrons. The quantitative estimate of drug-likeness (QED) is 0.442. The van der Waals surface area contributed by atoms with Crippen molar-refractivity contribution in [1.29, 1.82) is 0 Å². The van der Waals surface area contributed by atoms with E-state index >= 15 is 0 Å². The molecule has 1 aromatic carbocycles. The second-order valence-corrected chi connectivity index (χ2v) is 6.39. The Morgan fingerprint density at radius 1 is 1.48 bits per heavy atom. The molecule has 0 spiro atoms. The smallest absolute Gasteiger partial charge is 0.266 e. The lowest BCUT2D eigenvalue weighted by atomic mass is 10.2. The summed E-state index contributed by atoms with van der Waals surface area (Å²) < 4.78 is 5.59. The highest BCUT2D eigenvalue weighted by molar-refractivity contribution is 8.26. The van der Waals surface area contributed by atoms with Crippen LogP contribution in [0.3, 0.4) is 0 Å². The van der Waals surface area contributed by atoms with Crippen LogP contribution in [0.2, 0.25) is 0 Å². The van der Waals surface area contributed by atoms with E-state index in [9.17, 15) is 14.7 Å². The van der Waals surface area contributed by atoms with E-state index in [2.05, 4.69) is 6.58 Å². The van der Waals surface area contributed by atoms with Gasteiger partial charge >= 0.3 is 0 Å². The molecule has 2 rings (SSSR count). The van der Waals surface area contributed by atoms with Gasteiger partial charge in [-0.3, -0.25) is 9.69 Å². The molecular weight excluding hydrogens is 334 g/mol. The highest BCUT2D eigenvalue weighted by Gasteiger charge is 2.35. The molecule has 1 amide bonds. The number of benzene rings is 1. The molecule has 0 N–H and O–H groups in total. The molecule has 1 aliphatic heterocycles. The van der Waals surface area contributed by atoms with Gasteiger partial charge in [0.25, 0.3) is 5.91 Å². The molecular formula is C16H14NO4S2-. The second-order valence-electron chi connectivity index (χ2n) is 4.72. The van der Waals surface area contributed by atoms with E-state index in [0.29, 0.717) is 17.3 Å². The highest BCUT2D eigenvalue weighted by atomic mass is 32.2. The summed E-state index contributed by atoms with van der Waals surface area (Å²) >= 11 is 6.16. The number of amides is 1. The molecule has 0 bridgehead atoms. The maximum atomic E-state index is 12.3. The first-order valence-electron chi connectivity index (χ1n) is 6.75. The Balaban J connectivity index is 2.17. The lowest BCUT2D eigenvalue weighted by Crippen LogP contribution is -2.48. The van der Waals surface area contributed by atoms with Gasteiger partial charge in [-0.15, -0.1) is 0 Å². The minimum atomic E-state index is -1.34. The first kappa shape index (κ1) is 17.2. The lowest BCUT2D eigenvalue weighted by molar-refractivity contribution is -0.309. The third-order valence-electron chi connectivity index (χ3n) is 3.10. The van der Waals surface area contributed by atoms with Crippen LogP contribution in [0.4, 0.5) is 0 Å². The first-order valence-corrected chi connectivity index (χ1v) is 7.98. The fraction of sp³-hybridized carbons (Fsp3) is 0.188. The number of thiocarbonyl (C=S) groups is 1. The SMILES string of the molecule is C=CCOc1ccc(/C=C2\SC(=S)N([C@H](C)C(=O)[O-])C2=O)cc1. The standard InChI is InChI=1S/C16H15NO4S2/c1-3-8-21-12-6-4-11(5-7-12)9-13-14(18)17(16(22)23-13)10(2)15(19)20/h3-7,9-10H,1,8H2,2H3,(H,19,20)/p-1/b13-9-/t10-/m1/s1. The van der Waals surface area contributed by atoms with Gasteiger partial charge in [-0.25, -0.2) is 0 Å². The molecule has 1 aromatic rings. The number of aliphatic carboxylic acids is 1. The number of hydrogen-bond acceptors (Lipinski definition) is 6. The van der Waals surface area contributed by atoms with Gasteiger partial charge in [0, 0.05) is 0 Å². The van der Waals surface area contributed by atoms with Crippen molar-refractivity contribution in [3.05, 3.63) is 47.4 Å². The summed E-state index contributed by atoms with van der Waals surface area (Å²) in [5.74, 6) is -1.07. The van der Waals surface area contributed by atoms with E-state index in [0.717, 1.165) is 22.2 Å². The zero-order chi connectivity index (χ0) is 17.0. The first-order chi connectivity index (χ1) is 10.9. The molecule has 1 aliphatic rings. The third kappa shape index (κ3) is 4.00. The van der Waals surface area contributed by atoms with Gasteiger partial charge in [-0.2, -0.15) is 0 Å². The summed E-state index contributed by atoms with van der Waals surface area (Å²) in [6, 6.07) is 6.06. The van der Waals surface area contributed by atoms with Gasteiger partial charge in [-0.05, 0) is 30.7 Å². The van der Waals surface area contributed by atoms with Crippen molar-refractivity contribution in [3.63, 3.8) is 0 Å². The molecule has 7 heteroatoms. The molecule has 0 saturated carbocycles. The average molecular weight is 348 g/mol. The Bertz CT molecular complexity index is 682. The average Bonchev–Trinajstić information content (AvgIpc) is 2.80. The molecule has 0 aromatic heterocycles. The van der Waals surface area contributed by atoms with Crippen LogP contribution in [0.15, 0.2) is 41.8 Å². The molecule has 1 fully saturated rings. The number of carboxylic acid groups (broad SMARTS) is 1. The van der Waals surface area contributed by atoms with Crippen molar-refractivity contribution < 1.29 is 19.4 Å². The summed E-state index contributed by atoms with van der Waals surface area (Å²) in [6.45, 7) is 5.36. The number of ether oxygens (including phenoxy) is 1. The fourth-order valence-electron chi connectivity index (χ4n) is 1.89. The number of carbonyl (C=O) groups is 2. The fourth-order valence-corrected chi connectivity index (χ4v) is 3.30. The van der Waals surface area contributed by atoms with Crippen LogP contribution in [-0.4, -0.2) is 33.7 Å². The van der Waals surface area contributed by atoms with Crippen LogP contribution in [-0.2, 0) is 9.59 Å². The normalized spacial score (nSPS) is 17.4. The Morgan fingerprint density at radius 2 is 2.13 bits per heavy atom. The molecule has 1 atom stereocenters. The van der Waals surface area contributed by atoms with Crippen molar-refractivity contribution in [2.45, 2.75) is 13.0 Å². The van der Waals surface area contributed by atoms with E-state index in [1.807, 2.05) is 0 Å². The number of hydrogen-bond donors (Lipinski definition) is 0. The Hall–Kier alpha value is -2.12. The zero-order valence-corrected chi connectivity index (χ0v) is 14.0. The molecule has 23 heavy (non-hydrogen) atoms. The Kier molecular flexibility index (Phi) is 5.57. The number of nitrogens with zero attached hydrogens (tertiary/aromatic N) is 1. The predicted molar refractivity (Wildman–Crippen MR) is 91.6 cm³/mol. The number of carboxylic acids is 1. The monoisotopic (exact) mass is 348 g/mol. The molecule has 120 valence electrons. The van der Waals surface area contributed by atoms with Crippen LogP contribution in [0, 0.1) is 0 Å². The summed E-state index contributed by atoms with van der Waals surface area (Å²) in [5, 5.41) is 11.0. The maximum absolute atomic E-state index is 12.3. The van der Waals surface area contributed by atoms with Gasteiger partial charge in [0.1, 0.15) is 16.7 Å². The van der Waals surface area contributed by atoms with E-state index < -0.39 is 17.9 Å². The van der Waals surface area contributed by atoms with Crippen molar-refractivity contribution in [1.82, 2.24) is 4.90 Å².